The van der Waals surface area contributed by atoms with E-state index in [0.29, 0.717) is 12.6 Å². The molecular formula is C44H51N7. The monoisotopic (exact) mass is 677 g/mol. The summed E-state index contributed by atoms with van der Waals surface area (Å²) in [4.78, 5) is 24.0. The van der Waals surface area contributed by atoms with Gasteiger partial charge in [0, 0.05) is 17.8 Å². The molecule has 1 aliphatic heterocycles. The number of nitrogens with zero attached hydrogens (tertiary/aromatic N) is 5. The molecule has 0 aliphatic carbocycles. The Morgan fingerprint density at radius 3 is 2.14 bits per heavy atom. The number of nitrogens with one attached hydrogen (secondary N) is 2. The molecule has 2 aromatic heterocycles. The highest BCUT2D eigenvalue weighted by atomic mass is 15.2. The zero-order valence-corrected chi connectivity index (χ0v) is 30.6. The minimum absolute atomic E-state index is 0.124. The Labute approximate surface area is 303 Å². The number of likely N-dealkylation sites (tertiary alicyclic amines) is 1. The number of aromatic amines is 2. The minimum atomic E-state index is 0.124. The van der Waals surface area contributed by atoms with E-state index in [0.717, 1.165) is 78.9 Å². The van der Waals surface area contributed by atoms with Crippen molar-refractivity contribution in [1.82, 2.24) is 34.6 Å². The summed E-state index contributed by atoms with van der Waals surface area (Å²) in [5.41, 5.74) is 9.19. The van der Waals surface area contributed by atoms with E-state index in [1.807, 2.05) is 12.4 Å². The Morgan fingerprint density at radius 2 is 1.45 bits per heavy atom. The second kappa shape index (κ2) is 15.5. The second-order valence-electron chi connectivity index (χ2n) is 13.9. The molecule has 6 aromatic rings. The maximum atomic E-state index is 4.84. The van der Waals surface area contributed by atoms with E-state index in [4.69, 9.17) is 9.97 Å². The van der Waals surface area contributed by atoms with E-state index in [9.17, 15) is 0 Å². The van der Waals surface area contributed by atoms with E-state index in [-0.39, 0.29) is 6.04 Å². The number of benzene rings is 4. The van der Waals surface area contributed by atoms with Crippen LogP contribution in [0.25, 0.3) is 44.4 Å². The third kappa shape index (κ3) is 7.41. The van der Waals surface area contributed by atoms with Gasteiger partial charge < -0.3 is 14.9 Å². The van der Waals surface area contributed by atoms with Crippen LogP contribution in [0, 0.1) is 0 Å². The lowest BCUT2D eigenvalue weighted by molar-refractivity contribution is 0.192. The van der Waals surface area contributed by atoms with Gasteiger partial charge in [-0.1, -0.05) is 106 Å². The molecule has 0 spiro atoms. The zero-order valence-electron chi connectivity index (χ0n) is 30.6. The summed E-state index contributed by atoms with van der Waals surface area (Å²) in [7, 11) is 2.18. The Balaban J connectivity index is 1.06. The van der Waals surface area contributed by atoms with Gasteiger partial charge in [0.05, 0.1) is 42.4 Å². The van der Waals surface area contributed by atoms with Gasteiger partial charge in [-0.2, -0.15) is 0 Å². The predicted octanol–water partition coefficient (Wildman–Crippen LogP) is 9.86. The van der Waals surface area contributed by atoms with E-state index in [1.54, 1.807) is 0 Å². The minimum Gasteiger partial charge on any atom is -0.366 e. The van der Waals surface area contributed by atoms with Crippen molar-refractivity contribution in [2.45, 2.75) is 58.7 Å². The SMILES string of the molecule is C=C(C(c1ccccc1)N(CC)CC)N(CCC)Cc1ncc(-c2ccc3cc(-c4ccc(-c5cnc(C6CCCN6C)[nH]5)cc4)ccc3c2)[nH]1. The first-order valence-electron chi connectivity index (χ1n) is 18.6. The smallest absolute Gasteiger partial charge is 0.126 e. The quantitative estimate of drug-likeness (QED) is 0.120. The third-order valence-corrected chi connectivity index (χ3v) is 10.6. The fraction of sp³-hybridized carbons (Fsp3) is 0.318. The molecule has 0 radical (unpaired) electrons. The highest BCUT2D eigenvalue weighted by Crippen LogP contribution is 2.33. The Kier molecular flexibility index (Phi) is 10.5. The van der Waals surface area contributed by atoms with Crippen LogP contribution in [0.15, 0.2) is 116 Å². The molecule has 1 aliphatic rings. The van der Waals surface area contributed by atoms with Crippen molar-refractivity contribution in [2.24, 2.45) is 0 Å². The average molecular weight is 678 g/mol. The molecule has 1 saturated heterocycles. The van der Waals surface area contributed by atoms with Crippen LogP contribution in [0.4, 0.5) is 0 Å². The molecule has 3 heterocycles. The van der Waals surface area contributed by atoms with Crippen molar-refractivity contribution >= 4 is 10.8 Å². The molecule has 0 bridgehead atoms. The van der Waals surface area contributed by atoms with Crippen molar-refractivity contribution in [3.05, 3.63) is 133 Å². The van der Waals surface area contributed by atoms with Gasteiger partial charge in [-0.15, -0.1) is 0 Å². The van der Waals surface area contributed by atoms with E-state index >= 15 is 0 Å². The third-order valence-electron chi connectivity index (χ3n) is 10.6. The lowest BCUT2D eigenvalue weighted by Crippen LogP contribution is -2.36. The molecular weight excluding hydrogens is 627 g/mol. The van der Waals surface area contributed by atoms with Crippen LogP contribution in [0.5, 0.6) is 0 Å². The van der Waals surface area contributed by atoms with Gasteiger partial charge in [0.25, 0.3) is 0 Å². The van der Waals surface area contributed by atoms with Gasteiger partial charge in [0.2, 0.25) is 0 Å². The molecule has 1 fully saturated rings. The number of likely N-dealkylation sites (N-methyl/N-ethyl adjacent to an activating group) is 1. The van der Waals surface area contributed by atoms with Gasteiger partial charge in [0.15, 0.2) is 0 Å². The van der Waals surface area contributed by atoms with Gasteiger partial charge >= 0.3 is 0 Å². The first-order chi connectivity index (χ1) is 24.9. The molecule has 262 valence electrons. The summed E-state index contributed by atoms with van der Waals surface area (Å²) in [6, 6.07) is 33.5. The van der Waals surface area contributed by atoms with E-state index in [2.05, 4.69) is 150 Å². The van der Waals surface area contributed by atoms with Crippen LogP contribution in [0.3, 0.4) is 0 Å². The van der Waals surface area contributed by atoms with Crippen molar-refractivity contribution in [1.29, 1.82) is 0 Å². The van der Waals surface area contributed by atoms with E-state index < -0.39 is 0 Å². The van der Waals surface area contributed by atoms with Crippen LogP contribution in [-0.4, -0.2) is 67.9 Å². The van der Waals surface area contributed by atoms with Crippen molar-refractivity contribution in [3.8, 4) is 33.6 Å². The van der Waals surface area contributed by atoms with Crippen LogP contribution in [0.1, 0.15) is 69.3 Å². The standard InChI is InChI=1S/C44H51N7/c1-6-24-51(31(4)43(50(7-2)8-3)34-13-10-9-11-14-34)30-42-45-28-40(47-42)38-23-22-36-26-35(20-21-37(36)27-38)32-16-18-33(19-17-32)39-29-46-44(48-39)41-15-12-25-49(41)5/h9-11,13-14,16-23,26-29,41,43H,4,6-8,12,15,24-25,30H2,1-3,5H3,(H,45,47)(H,46,48). The Bertz CT molecular complexity index is 2050. The molecule has 7 heteroatoms. The second-order valence-corrected chi connectivity index (χ2v) is 13.9. The first-order valence-corrected chi connectivity index (χ1v) is 18.6. The Hall–Kier alpha value is -4.98. The van der Waals surface area contributed by atoms with Crippen LogP contribution >= 0.6 is 0 Å². The highest BCUT2D eigenvalue weighted by Gasteiger charge is 2.26. The zero-order chi connectivity index (χ0) is 35.3. The largest absolute Gasteiger partial charge is 0.366 e. The molecule has 4 aromatic carbocycles. The first kappa shape index (κ1) is 34.5. The fourth-order valence-corrected chi connectivity index (χ4v) is 7.72. The van der Waals surface area contributed by atoms with Crippen molar-refractivity contribution in [3.63, 3.8) is 0 Å². The molecule has 0 saturated carbocycles. The van der Waals surface area contributed by atoms with E-state index in [1.165, 1.54) is 33.9 Å². The van der Waals surface area contributed by atoms with Crippen molar-refractivity contribution in [2.75, 3.05) is 33.2 Å². The number of fused-ring (bicyclic) bond motifs is 1. The normalized spacial score (nSPS) is 15.5. The average Bonchev–Trinajstić information content (AvgIpc) is 3.95. The summed E-state index contributed by atoms with van der Waals surface area (Å²) >= 11 is 0. The molecule has 7 rings (SSSR count). The van der Waals surface area contributed by atoms with Crippen LogP contribution in [0.2, 0.25) is 0 Å². The molecule has 2 N–H and O–H groups in total. The lowest BCUT2D eigenvalue weighted by atomic mass is 9.98. The number of imidazole rings is 2. The predicted molar refractivity (Wildman–Crippen MR) is 211 cm³/mol. The summed E-state index contributed by atoms with van der Waals surface area (Å²) < 4.78 is 0. The number of rotatable bonds is 14. The number of aromatic nitrogens is 4. The summed E-state index contributed by atoms with van der Waals surface area (Å²) in [6.45, 7) is 16.0. The molecule has 7 nitrogen and oxygen atoms in total. The maximum Gasteiger partial charge on any atom is 0.126 e. The molecule has 2 unspecified atom stereocenters. The Morgan fingerprint density at radius 1 is 0.804 bits per heavy atom. The summed E-state index contributed by atoms with van der Waals surface area (Å²) in [5.74, 6) is 2.02. The maximum absolute atomic E-state index is 4.84. The van der Waals surface area contributed by atoms with Crippen LogP contribution in [-0.2, 0) is 6.54 Å². The van der Waals surface area contributed by atoms with Gasteiger partial charge in [-0.3, -0.25) is 9.80 Å². The molecule has 2 atom stereocenters. The fourth-order valence-electron chi connectivity index (χ4n) is 7.72. The molecule has 0 amide bonds. The number of H-pyrrole nitrogens is 2. The van der Waals surface area contributed by atoms with Gasteiger partial charge in [-0.05, 0) is 91.1 Å². The lowest BCUT2D eigenvalue weighted by Gasteiger charge is -2.37. The molecule has 51 heavy (non-hydrogen) atoms. The van der Waals surface area contributed by atoms with Crippen LogP contribution < -0.4 is 0 Å². The topological polar surface area (TPSA) is 67.1 Å². The summed E-state index contributed by atoms with van der Waals surface area (Å²) in [6.07, 6.45) is 7.36. The summed E-state index contributed by atoms with van der Waals surface area (Å²) in [5, 5.41) is 2.42. The number of hydrogen-bond donors (Lipinski definition) is 2. The number of hydrogen-bond acceptors (Lipinski definition) is 5. The van der Waals surface area contributed by atoms with Gasteiger partial charge in [-0.25, -0.2) is 9.97 Å². The van der Waals surface area contributed by atoms with Crippen molar-refractivity contribution < 1.29 is 0 Å². The van der Waals surface area contributed by atoms with Gasteiger partial charge in [0.1, 0.15) is 11.6 Å². The highest BCUT2D eigenvalue weighted by molar-refractivity contribution is 5.90.